The molecule has 14 heavy (non-hydrogen) atoms. The van der Waals surface area contributed by atoms with Crippen LogP contribution in [-0.2, 0) is 12.3 Å². The lowest BCUT2D eigenvalue weighted by Crippen LogP contribution is -2.01. The monoisotopic (exact) mass is 216 g/mol. The summed E-state index contributed by atoms with van der Waals surface area (Å²) < 4.78 is 25.2. The predicted octanol–water partition coefficient (Wildman–Crippen LogP) is 2.82. The molecule has 0 spiro atoms. The molecule has 0 radical (unpaired) electrons. The minimum absolute atomic E-state index is 0.0495. The van der Waals surface area contributed by atoms with Gasteiger partial charge in [-0.25, -0.2) is 8.78 Å². The number of nitriles is 1. The first kappa shape index (κ1) is 10.9. The molecular weight excluding hydrogens is 210 g/mol. The average molecular weight is 217 g/mol. The van der Waals surface area contributed by atoms with E-state index in [0.717, 1.165) is 0 Å². The SMILES string of the molecule is N#CCc1ccnc(CCl)c1C(F)F. The van der Waals surface area contributed by atoms with Gasteiger partial charge in [0, 0.05) is 11.8 Å². The minimum Gasteiger partial charge on any atom is -0.260 e. The molecule has 0 amide bonds. The fourth-order valence-corrected chi connectivity index (χ4v) is 1.39. The molecular formula is C9H7ClF2N2. The Labute approximate surface area is 85.1 Å². The molecule has 5 heteroatoms. The maximum absolute atomic E-state index is 12.6. The van der Waals surface area contributed by atoms with Crippen LogP contribution in [0.15, 0.2) is 12.3 Å². The van der Waals surface area contributed by atoms with Crippen LogP contribution in [0.2, 0.25) is 0 Å². The quantitative estimate of drug-likeness (QED) is 0.729. The van der Waals surface area contributed by atoms with E-state index in [9.17, 15) is 8.78 Å². The molecule has 1 rings (SSSR count). The van der Waals surface area contributed by atoms with E-state index in [1.54, 1.807) is 0 Å². The molecule has 0 N–H and O–H groups in total. The normalized spacial score (nSPS) is 10.2. The summed E-state index contributed by atoms with van der Waals surface area (Å²) in [5.74, 6) is -0.0705. The molecule has 0 aliphatic carbocycles. The summed E-state index contributed by atoms with van der Waals surface area (Å²) >= 11 is 5.47. The van der Waals surface area contributed by atoms with E-state index in [1.165, 1.54) is 12.3 Å². The third-order valence-electron chi connectivity index (χ3n) is 1.78. The fraction of sp³-hybridized carbons (Fsp3) is 0.333. The van der Waals surface area contributed by atoms with Gasteiger partial charge in [0.15, 0.2) is 0 Å². The highest BCUT2D eigenvalue weighted by Crippen LogP contribution is 2.26. The number of halogens is 3. The Kier molecular flexibility index (Phi) is 3.78. The molecule has 0 aromatic carbocycles. The Hall–Kier alpha value is -1.21. The molecule has 0 aliphatic heterocycles. The molecule has 74 valence electrons. The van der Waals surface area contributed by atoms with Crippen LogP contribution < -0.4 is 0 Å². The third-order valence-corrected chi connectivity index (χ3v) is 2.03. The molecule has 0 saturated carbocycles. The highest BCUT2D eigenvalue weighted by Gasteiger charge is 2.17. The zero-order valence-electron chi connectivity index (χ0n) is 7.17. The number of alkyl halides is 3. The largest absolute Gasteiger partial charge is 0.265 e. The molecule has 1 heterocycles. The Morgan fingerprint density at radius 1 is 1.57 bits per heavy atom. The summed E-state index contributed by atoms with van der Waals surface area (Å²) in [6.45, 7) is 0. The maximum Gasteiger partial charge on any atom is 0.265 e. The summed E-state index contributed by atoms with van der Waals surface area (Å²) in [6.07, 6.45) is -1.30. The van der Waals surface area contributed by atoms with Crippen LogP contribution in [-0.4, -0.2) is 4.98 Å². The van der Waals surface area contributed by atoms with E-state index in [1.807, 2.05) is 6.07 Å². The van der Waals surface area contributed by atoms with E-state index in [4.69, 9.17) is 16.9 Å². The molecule has 1 aromatic rings. The van der Waals surface area contributed by atoms with Crippen molar-refractivity contribution in [3.05, 3.63) is 29.1 Å². The Balaban J connectivity index is 3.22. The molecule has 0 bridgehead atoms. The van der Waals surface area contributed by atoms with Gasteiger partial charge in [0.05, 0.1) is 24.1 Å². The van der Waals surface area contributed by atoms with E-state index >= 15 is 0 Å². The Morgan fingerprint density at radius 3 is 2.79 bits per heavy atom. The smallest absolute Gasteiger partial charge is 0.260 e. The van der Waals surface area contributed by atoms with Gasteiger partial charge in [-0.05, 0) is 11.6 Å². The Morgan fingerprint density at radius 2 is 2.29 bits per heavy atom. The van der Waals surface area contributed by atoms with Crippen molar-refractivity contribution < 1.29 is 8.78 Å². The lowest BCUT2D eigenvalue weighted by Gasteiger charge is -2.08. The maximum atomic E-state index is 12.6. The summed E-state index contributed by atoms with van der Waals surface area (Å²) in [4.78, 5) is 3.74. The molecule has 1 aromatic heterocycles. The van der Waals surface area contributed by atoms with Crippen molar-refractivity contribution in [2.45, 2.75) is 18.7 Å². The van der Waals surface area contributed by atoms with Crippen LogP contribution in [0.4, 0.5) is 8.78 Å². The van der Waals surface area contributed by atoms with Gasteiger partial charge < -0.3 is 0 Å². The summed E-state index contributed by atoms with van der Waals surface area (Å²) in [5.41, 5.74) is 0.242. The second kappa shape index (κ2) is 4.87. The van der Waals surface area contributed by atoms with Gasteiger partial charge in [0.1, 0.15) is 0 Å². The predicted molar refractivity (Wildman–Crippen MR) is 48.1 cm³/mol. The number of aromatic nitrogens is 1. The first-order valence-electron chi connectivity index (χ1n) is 3.88. The van der Waals surface area contributed by atoms with Crippen LogP contribution in [0.3, 0.4) is 0 Å². The molecule has 0 unspecified atom stereocenters. The van der Waals surface area contributed by atoms with E-state index < -0.39 is 6.43 Å². The number of hydrogen-bond donors (Lipinski definition) is 0. The van der Waals surface area contributed by atoms with Crippen molar-refractivity contribution in [2.24, 2.45) is 0 Å². The van der Waals surface area contributed by atoms with Crippen molar-refractivity contribution in [3.63, 3.8) is 0 Å². The topological polar surface area (TPSA) is 36.7 Å². The molecule has 0 saturated heterocycles. The second-order valence-corrected chi connectivity index (χ2v) is 2.87. The van der Waals surface area contributed by atoms with Gasteiger partial charge >= 0.3 is 0 Å². The first-order valence-corrected chi connectivity index (χ1v) is 4.41. The van der Waals surface area contributed by atoms with Crippen LogP contribution in [0.1, 0.15) is 23.2 Å². The second-order valence-electron chi connectivity index (χ2n) is 2.60. The third kappa shape index (κ3) is 2.18. The van der Waals surface area contributed by atoms with Crippen LogP contribution in [0.25, 0.3) is 0 Å². The number of hydrogen-bond acceptors (Lipinski definition) is 2. The van der Waals surface area contributed by atoms with Gasteiger partial charge in [-0.3, -0.25) is 4.98 Å². The van der Waals surface area contributed by atoms with Crippen molar-refractivity contribution in [1.82, 2.24) is 4.98 Å². The summed E-state index contributed by atoms with van der Waals surface area (Å²) in [5, 5.41) is 8.44. The molecule has 0 aliphatic rings. The van der Waals surface area contributed by atoms with Crippen LogP contribution in [0.5, 0.6) is 0 Å². The van der Waals surface area contributed by atoms with Gasteiger partial charge in [-0.1, -0.05) is 0 Å². The van der Waals surface area contributed by atoms with Crippen molar-refractivity contribution in [3.8, 4) is 6.07 Å². The highest BCUT2D eigenvalue weighted by molar-refractivity contribution is 6.17. The van der Waals surface area contributed by atoms with Gasteiger partial charge in [-0.15, -0.1) is 11.6 Å². The van der Waals surface area contributed by atoms with E-state index in [-0.39, 0.29) is 23.6 Å². The first-order chi connectivity index (χ1) is 6.70. The van der Waals surface area contributed by atoms with Crippen LogP contribution in [0, 0.1) is 11.3 Å². The van der Waals surface area contributed by atoms with E-state index in [2.05, 4.69) is 4.98 Å². The van der Waals surface area contributed by atoms with Crippen LogP contribution >= 0.6 is 11.6 Å². The van der Waals surface area contributed by atoms with Crippen molar-refractivity contribution >= 4 is 11.6 Å². The average Bonchev–Trinajstić information content (AvgIpc) is 2.17. The lowest BCUT2D eigenvalue weighted by molar-refractivity contribution is 0.149. The molecule has 0 atom stereocenters. The molecule has 2 nitrogen and oxygen atoms in total. The van der Waals surface area contributed by atoms with Crippen molar-refractivity contribution in [1.29, 1.82) is 5.26 Å². The van der Waals surface area contributed by atoms with Gasteiger partial charge in [0.2, 0.25) is 0 Å². The number of pyridine rings is 1. The fourth-order valence-electron chi connectivity index (χ4n) is 1.17. The lowest BCUT2D eigenvalue weighted by atomic mass is 10.1. The Bertz CT molecular complexity index is 360. The van der Waals surface area contributed by atoms with Crippen molar-refractivity contribution in [2.75, 3.05) is 0 Å². The highest BCUT2D eigenvalue weighted by atomic mass is 35.5. The zero-order valence-corrected chi connectivity index (χ0v) is 7.93. The number of nitrogens with zero attached hydrogens (tertiary/aromatic N) is 2. The molecule has 0 fully saturated rings. The summed E-state index contributed by atoms with van der Waals surface area (Å²) in [6, 6.07) is 3.24. The number of rotatable bonds is 3. The van der Waals surface area contributed by atoms with Gasteiger partial charge in [0.25, 0.3) is 6.43 Å². The zero-order chi connectivity index (χ0) is 10.6. The minimum atomic E-state index is -2.64. The summed E-state index contributed by atoms with van der Waals surface area (Å²) in [7, 11) is 0. The van der Waals surface area contributed by atoms with E-state index in [0.29, 0.717) is 5.56 Å². The standard InChI is InChI=1S/C9H7ClF2N2/c10-5-7-8(9(11)12)6(1-3-13)2-4-14-7/h2,4,9H,1,5H2. The van der Waals surface area contributed by atoms with Gasteiger partial charge in [-0.2, -0.15) is 5.26 Å².